The highest BCUT2D eigenvalue weighted by atomic mass is 16.5. The zero-order valence-electron chi connectivity index (χ0n) is 16.8. The summed E-state index contributed by atoms with van der Waals surface area (Å²) in [5.41, 5.74) is 1.47. The smallest absolute Gasteiger partial charge is 0.251 e. The van der Waals surface area contributed by atoms with Gasteiger partial charge < -0.3 is 19.7 Å². The summed E-state index contributed by atoms with van der Waals surface area (Å²) < 4.78 is 11.6. The fourth-order valence-corrected chi connectivity index (χ4v) is 3.96. The number of carbonyl (C=O) groups excluding carboxylic acids is 1. The first-order valence-electron chi connectivity index (χ1n) is 10.5. The molecule has 1 atom stereocenters. The van der Waals surface area contributed by atoms with Crippen LogP contribution in [-0.4, -0.2) is 54.7 Å². The molecular formula is C23H29N3O3. The molecule has 2 aliphatic rings. The highest BCUT2D eigenvalue weighted by Crippen LogP contribution is 2.22. The molecule has 2 aliphatic heterocycles. The van der Waals surface area contributed by atoms with Crippen molar-refractivity contribution in [1.29, 1.82) is 0 Å². The van der Waals surface area contributed by atoms with Crippen LogP contribution in [0.25, 0.3) is 0 Å². The molecule has 0 unspecified atom stereocenters. The molecule has 0 radical (unpaired) electrons. The first-order chi connectivity index (χ1) is 14.3. The van der Waals surface area contributed by atoms with Crippen LogP contribution in [0.2, 0.25) is 0 Å². The summed E-state index contributed by atoms with van der Waals surface area (Å²) in [5, 5.41) is 2.89. The minimum atomic E-state index is -0.105. The third-order valence-electron chi connectivity index (χ3n) is 5.65. The van der Waals surface area contributed by atoms with E-state index in [1.54, 1.807) is 6.20 Å². The largest absolute Gasteiger partial charge is 0.490 e. The van der Waals surface area contributed by atoms with E-state index in [1.807, 2.05) is 42.5 Å². The predicted molar refractivity (Wildman–Crippen MR) is 111 cm³/mol. The molecule has 154 valence electrons. The van der Waals surface area contributed by atoms with Gasteiger partial charge in [0.2, 0.25) is 0 Å². The zero-order chi connectivity index (χ0) is 19.9. The van der Waals surface area contributed by atoms with E-state index in [0.29, 0.717) is 18.0 Å². The number of ether oxygens (including phenoxy) is 2. The summed E-state index contributed by atoms with van der Waals surface area (Å²) in [6, 6.07) is 13.1. The van der Waals surface area contributed by atoms with Crippen LogP contribution in [0.15, 0.2) is 48.7 Å². The Bertz CT molecular complexity index is 768. The second-order valence-electron chi connectivity index (χ2n) is 7.88. The van der Waals surface area contributed by atoms with Gasteiger partial charge in [-0.1, -0.05) is 6.07 Å². The number of benzene rings is 1. The third kappa shape index (κ3) is 5.78. The van der Waals surface area contributed by atoms with Crippen LogP contribution in [0, 0.1) is 5.92 Å². The van der Waals surface area contributed by atoms with Gasteiger partial charge in [0.25, 0.3) is 5.91 Å². The number of hydrogen-bond acceptors (Lipinski definition) is 5. The SMILES string of the molecule is O=C(NCc1ccccn1)c1ccc(OC2CCN(C[C@H]3CCOC3)CC2)cc1. The Morgan fingerprint density at radius 3 is 2.66 bits per heavy atom. The molecule has 0 bridgehead atoms. The number of carbonyl (C=O) groups is 1. The normalized spacial score (nSPS) is 20.5. The Hall–Kier alpha value is -2.44. The number of nitrogens with zero attached hydrogens (tertiary/aromatic N) is 2. The Kier molecular flexibility index (Phi) is 6.75. The van der Waals surface area contributed by atoms with Crippen molar-refractivity contribution in [3.05, 3.63) is 59.9 Å². The van der Waals surface area contributed by atoms with Crippen LogP contribution in [-0.2, 0) is 11.3 Å². The molecule has 4 rings (SSSR count). The van der Waals surface area contributed by atoms with Crippen LogP contribution in [0.3, 0.4) is 0 Å². The lowest BCUT2D eigenvalue weighted by Crippen LogP contribution is -2.40. The Morgan fingerprint density at radius 2 is 1.97 bits per heavy atom. The number of pyridine rings is 1. The Labute approximate surface area is 172 Å². The van der Waals surface area contributed by atoms with Crippen molar-refractivity contribution in [2.45, 2.75) is 31.9 Å². The molecule has 29 heavy (non-hydrogen) atoms. The molecule has 6 heteroatoms. The second-order valence-corrected chi connectivity index (χ2v) is 7.88. The fraction of sp³-hybridized carbons (Fsp3) is 0.478. The predicted octanol–water partition coefficient (Wildman–Crippen LogP) is 2.89. The van der Waals surface area contributed by atoms with Gasteiger partial charge in [-0.15, -0.1) is 0 Å². The van der Waals surface area contributed by atoms with E-state index in [1.165, 1.54) is 6.42 Å². The van der Waals surface area contributed by atoms with E-state index in [4.69, 9.17) is 9.47 Å². The molecule has 2 fully saturated rings. The molecule has 1 N–H and O–H groups in total. The maximum Gasteiger partial charge on any atom is 0.251 e. The van der Waals surface area contributed by atoms with E-state index in [0.717, 1.165) is 57.1 Å². The van der Waals surface area contributed by atoms with Crippen LogP contribution < -0.4 is 10.1 Å². The minimum absolute atomic E-state index is 0.105. The lowest BCUT2D eigenvalue weighted by atomic mass is 10.0. The molecule has 1 aromatic carbocycles. The summed E-state index contributed by atoms with van der Waals surface area (Å²) in [7, 11) is 0. The molecule has 3 heterocycles. The molecule has 0 saturated carbocycles. The van der Waals surface area contributed by atoms with Gasteiger partial charge in [-0.3, -0.25) is 9.78 Å². The second kappa shape index (κ2) is 9.85. The van der Waals surface area contributed by atoms with Crippen molar-refractivity contribution in [1.82, 2.24) is 15.2 Å². The zero-order valence-corrected chi connectivity index (χ0v) is 16.8. The van der Waals surface area contributed by atoms with Crippen LogP contribution >= 0.6 is 0 Å². The van der Waals surface area contributed by atoms with Gasteiger partial charge in [0, 0.05) is 38.0 Å². The van der Waals surface area contributed by atoms with Gasteiger partial charge in [-0.05, 0) is 61.6 Å². The van der Waals surface area contributed by atoms with Crippen molar-refractivity contribution in [2.24, 2.45) is 5.92 Å². The number of aromatic nitrogens is 1. The van der Waals surface area contributed by atoms with Crippen molar-refractivity contribution in [3.8, 4) is 5.75 Å². The van der Waals surface area contributed by atoms with Gasteiger partial charge in [0.15, 0.2) is 0 Å². The van der Waals surface area contributed by atoms with Crippen molar-refractivity contribution < 1.29 is 14.3 Å². The summed E-state index contributed by atoms with van der Waals surface area (Å²) in [5.74, 6) is 1.42. The number of likely N-dealkylation sites (tertiary alicyclic amines) is 1. The Morgan fingerprint density at radius 1 is 1.14 bits per heavy atom. The lowest BCUT2D eigenvalue weighted by Gasteiger charge is -2.33. The van der Waals surface area contributed by atoms with Gasteiger partial charge in [-0.2, -0.15) is 0 Å². The monoisotopic (exact) mass is 395 g/mol. The van der Waals surface area contributed by atoms with E-state index < -0.39 is 0 Å². The van der Waals surface area contributed by atoms with Crippen molar-refractivity contribution in [2.75, 3.05) is 32.8 Å². The number of piperidine rings is 1. The topological polar surface area (TPSA) is 63.7 Å². The molecule has 2 saturated heterocycles. The van der Waals surface area contributed by atoms with Gasteiger partial charge in [0.05, 0.1) is 18.8 Å². The molecule has 6 nitrogen and oxygen atoms in total. The van der Waals surface area contributed by atoms with E-state index in [2.05, 4.69) is 15.2 Å². The van der Waals surface area contributed by atoms with Gasteiger partial charge >= 0.3 is 0 Å². The van der Waals surface area contributed by atoms with Crippen LogP contribution in [0.5, 0.6) is 5.75 Å². The molecule has 0 aliphatic carbocycles. The highest BCUT2D eigenvalue weighted by Gasteiger charge is 2.24. The molecule has 1 aromatic heterocycles. The average molecular weight is 396 g/mol. The summed E-state index contributed by atoms with van der Waals surface area (Å²) >= 11 is 0. The Balaban J connectivity index is 1.21. The summed E-state index contributed by atoms with van der Waals surface area (Å²) in [4.78, 5) is 19.1. The number of hydrogen-bond donors (Lipinski definition) is 1. The lowest BCUT2D eigenvalue weighted by molar-refractivity contribution is 0.0880. The number of rotatable bonds is 7. The molecule has 2 aromatic rings. The van der Waals surface area contributed by atoms with E-state index >= 15 is 0 Å². The third-order valence-corrected chi connectivity index (χ3v) is 5.65. The molecule has 0 spiro atoms. The number of nitrogens with one attached hydrogen (secondary N) is 1. The fourth-order valence-electron chi connectivity index (χ4n) is 3.96. The summed E-state index contributed by atoms with van der Waals surface area (Å²) in [6.07, 6.45) is 5.24. The maximum atomic E-state index is 12.3. The maximum absolute atomic E-state index is 12.3. The summed E-state index contributed by atoms with van der Waals surface area (Å²) in [6.45, 7) is 5.56. The van der Waals surface area contributed by atoms with E-state index in [9.17, 15) is 4.79 Å². The van der Waals surface area contributed by atoms with Crippen LogP contribution in [0.1, 0.15) is 35.3 Å². The minimum Gasteiger partial charge on any atom is -0.490 e. The average Bonchev–Trinajstić information content (AvgIpc) is 3.28. The van der Waals surface area contributed by atoms with Crippen molar-refractivity contribution in [3.63, 3.8) is 0 Å². The highest BCUT2D eigenvalue weighted by molar-refractivity contribution is 5.94. The molecule has 1 amide bonds. The van der Waals surface area contributed by atoms with Crippen LogP contribution in [0.4, 0.5) is 0 Å². The van der Waals surface area contributed by atoms with Crippen molar-refractivity contribution >= 4 is 5.91 Å². The standard InChI is InChI=1S/C23H29N3O3/c27-23(25-15-20-3-1-2-11-24-20)19-4-6-21(7-5-19)29-22-8-12-26(13-9-22)16-18-10-14-28-17-18/h1-7,11,18,22H,8-10,12-17H2,(H,25,27)/t18-/m1/s1. The first-order valence-corrected chi connectivity index (χ1v) is 10.5. The first kappa shape index (κ1) is 19.9. The molecular weight excluding hydrogens is 366 g/mol. The van der Waals surface area contributed by atoms with E-state index in [-0.39, 0.29) is 12.0 Å². The van der Waals surface area contributed by atoms with Gasteiger partial charge in [-0.25, -0.2) is 0 Å². The quantitative estimate of drug-likeness (QED) is 0.781. The van der Waals surface area contributed by atoms with Gasteiger partial charge in [0.1, 0.15) is 11.9 Å². The number of amides is 1.